The lowest BCUT2D eigenvalue weighted by molar-refractivity contribution is 0.0775. The fourth-order valence-corrected chi connectivity index (χ4v) is 2.12. The molecule has 2 aromatic rings. The maximum atomic E-state index is 12.4. The Bertz CT molecular complexity index is 581. The number of rotatable bonds is 4. The number of nitrogens with two attached hydrogens (primary N) is 1. The normalized spacial score (nSPS) is 10.6. The van der Waals surface area contributed by atoms with Crippen molar-refractivity contribution in [2.75, 3.05) is 12.8 Å². The van der Waals surface area contributed by atoms with E-state index in [1.54, 1.807) is 19.0 Å². The minimum atomic E-state index is -0.123. The van der Waals surface area contributed by atoms with Crippen LogP contribution in [-0.4, -0.2) is 27.6 Å². The molecule has 1 amide bonds. The van der Waals surface area contributed by atoms with E-state index < -0.39 is 0 Å². The summed E-state index contributed by atoms with van der Waals surface area (Å²) in [5.74, 6) is -0.123. The molecule has 0 spiro atoms. The zero-order valence-electron chi connectivity index (χ0n) is 12.1. The molecule has 1 aromatic heterocycles. The van der Waals surface area contributed by atoms with E-state index in [1.807, 2.05) is 0 Å². The second-order valence-electron chi connectivity index (χ2n) is 4.90. The first-order chi connectivity index (χ1) is 9.52. The third kappa shape index (κ3) is 2.82. The number of nitrogen functional groups attached to an aromatic ring is 1. The minimum absolute atomic E-state index is 0.123. The highest BCUT2D eigenvalue weighted by Crippen LogP contribution is 2.14. The van der Waals surface area contributed by atoms with Gasteiger partial charge in [0.25, 0.3) is 5.91 Å². The highest BCUT2D eigenvalue weighted by Gasteiger charge is 2.19. The lowest BCUT2D eigenvalue weighted by Gasteiger charge is -2.18. The number of hydrogen-bond acceptors (Lipinski definition) is 3. The number of amides is 1. The second-order valence-corrected chi connectivity index (χ2v) is 4.90. The van der Waals surface area contributed by atoms with Crippen LogP contribution >= 0.6 is 0 Å². The Labute approximate surface area is 119 Å². The van der Waals surface area contributed by atoms with E-state index in [4.69, 9.17) is 5.73 Å². The van der Waals surface area contributed by atoms with Crippen molar-refractivity contribution in [3.05, 3.63) is 47.3 Å². The molecule has 0 atom stereocenters. The first-order valence-corrected chi connectivity index (χ1v) is 6.63. The summed E-state index contributed by atoms with van der Waals surface area (Å²) in [6, 6.07) is 8.28. The van der Waals surface area contributed by atoms with Gasteiger partial charge < -0.3 is 10.6 Å². The van der Waals surface area contributed by atoms with Gasteiger partial charge in [0, 0.05) is 20.6 Å². The zero-order chi connectivity index (χ0) is 14.7. The molecule has 106 valence electrons. The van der Waals surface area contributed by atoms with Gasteiger partial charge in [0.15, 0.2) is 0 Å². The molecule has 0 radical (unpaired) electrons. The summed E-state index contributed by atoms with van der Waals surface area (Å²) in [6.45, 7) is 2.67. The molecule has 0 fully saturated rings. The van der Waals surface area contributed by atoms with Crippen LogP contribution in [0.3, 0.4) is 0 Å². The third-order valence-electron chi connectivity index (χ3n) is 3.37. The number of carbonyl (C=O) groups excluding carboxylic acids is 1. The highest BCUT2D eigenvalue weighted by atomic mass is 16.2. The van der Waals surface area contributed by atoms with Crippen LogP contribution in [0.5, 0.6) is 0 Å². The van der Waals surface area contributed by atoms with Crippen molar-refractivity contribution in [3.63, 3.8) is 0 Å². The maximum Gasteiger partial charge on any atom is 0.274 e. The molecule has 20 heavy (non-hydrogen) atoms. The van der Waals surface area contributed by atoms with Gasteiger partial charge >= 0.3 is 0 Å². The van der Waals surface area contributed by atoms with Gasteiger partial charge in [-0.05, 0) is 17.5 Å². The number of aryl methyl sites for hydroxylation is 2. The van der Waals surface area contributed by atoms with E-state index in [2.05, 4.69) is 36.3 Å². The van der Waals surface area contributed by atoms with Gasteiger partial charge in [0.2, 0.25) is 0 Å². The van der Waals surface area contributed by atoms with Crippen molar-refractivity contribution < 1.29 is 4.79 Å². The summed E-state index contributed by atoms with van der Waals surface area (Å²) < 4.78 is 1.51. The van der Waals surface area contributed by atoms with Gasteiger partial charge in [-0.15, -0.1) is 0 Å². The Hall–Kier alpha value is -2.30. The second kappa shape index (κ2) is 5.77. The molecule has 0 bridgehead atoms. The number of benzene rings is 1. The topological polar surface area (TPSA) is 64.2 Å². The third-order valence-corrected chi connectivity index (χ3v) is 3.37. The van der Waals surface area contributed by atoms with Gasteiger partial charge in [-0.3, -0.25) is 9.48 Å². The van der Waals surface area contributed by atoms with E-state index in [0.29, 0.717) is 17.9 Å². The van der Waals surface area contributed by atoms with Crippen LogP contribution in [0.4, 0.5) is 5.69 Å². The summed E-state index contributed by atoms with van der Waals surface area (Å²) in [5, 5.41) is 3.99. The van der Waals surface area contributed by atoms with Crippen molar-refractivity contribution in [1.82, 2.24) is 14.7 Å². The van der Waals surface area contributed by atoms with Crippen molar-refractivity contribution in [3.8, 4) is 0 Å². The summed E-state index contributed by atoms with van der Waals surface area (Å²) >= 11 is 0. The Kier molecular flexibility index (Phi) is 4.08. The molecule has 0 unspecified atom stereocenters. The Balaban J connectivity index is 2.11. The Morgan fingerprint density at radius 2 is 1.90 bits per heavy atom. The van der Waals surface area contributed by atoms with Crippen LogP contribution in [0, 0.1) is 0 Å². The Morgan fingerprint density at radius 1 is 1.30 bits per heavy atom. The van der Waals surface area contributed by atoms with Crippen molar-refractivity contribution in [2.45, 2.75) is 19.9 Å². The van der Waals surface area contributed by atoms with Crippen LogP contribution in [0.25, 0.3) is 0 Å². The first-order valence-electron chi connectivity index (χ1n) is 6.63. The number of hydrogen-bond donors (Lipinski definition) is 1. The fraction of sp³-hybridized carbons (Fsp3) is 0.333. The molecule has 0 aliphatic carbocycles. The predicted octanol–water partition coefficient (Wildman–Crippen LogP) is 1.84. The molecule has 5 nitrogen and oxygen atoms in total. The smallest absolute Gasteiger partial charge is 0.274 e. The molecule has 1 heterocycles. The molecule has 5 heteroatoms. The zero-order valence-corrected chi connectivity index (χ0v) is 12.1. The molecular formula is C15H20N4O. The van der Waals surface area contributed by atoms with Crippen LogP contribution in [0.15, 0.2) is 30.5 Å². The molecule has 0 aliphatic rings. The minimum Gasteiger partial charge on any atom is -0.396 e. The van der Waals surface area contributed by atoms with Crippen molar-refractivity contribution in [2.24, 2.45) is 7.05 Å². The molecular weight excluding hydrogens is 252 g/mol. The Morgan fingerprint density at radius 3 is 2.40 bits per heavy atom. The van der Waals surface area contributed by atoms with Gasteiger partial charge in [0.05, 0.1) is 11.9 Å². The number of anilines is 1. The molecule has 0 saturated heterocycles. The molecule has 2 N–H and O–H groups in total. The van der Waals surface area contributed by atoms with Gasteiger partial charge in [0.1, 0.15) is 5.69 Å². The van der Waals surface area contributed by atoms with Crippen molar-refractivity contribution >= 4 is 11.6 Å². The van der Waals surface area contributed by atoms with Crippen molar-refractivity contribution in [1.29, 1.82) is 0 Å². The maximum absolute atomic E-state index is 12.4. The fourth-order valence-electron chi connectivity index (χ4n) is 2.12. The summed E-state index contributed by atoms with van der Waals surface area (Å²) in [5.41, 5.74) is 9.00. The van der Waals surface area contributed by atoms with E-state index in [9.17, 15) is 4.79 Å². The van der Waals surface area contributed by atoms with E-state index in [1.165, 1.54) is 16.4 Å². The van der Waals surface area contributed by atoms with Crippen LogP contribution in [-0.2, 0) is 20.0 Å². The number of nitrogens with zero attached hydrogens (tertiary/aromatic N) is 3. The summed E-state index contributed by atoms with van der Waals surface area (Å²) in [6.07, 6.45) is 2.51. The predicted molar refractivity (Wildman–Crippen MR) is 79.2 cm³/mol. The first kappa shape index (κ1) is 14.1. The average Bonchev–Trinajstić information content (AvgIpc) is 2.78. The lowest BCUT2D eigenvalue weighted by Crippen LogP contribution is -2.28. The summed E-state index contributed by atoms with van der Waals surface area (Å²) in [7, 11) is 3.48. The summed E-state index contributed by atoms with van der Waals surface area (Å²) in [4.78, 5) is 14.0. The number of aromatic nitrogens is 2. The standard InChI is InChI=1S/C15H20N4O/c1-4-11-5-7-12(8-6-11)10-18(2)15(20)14-13(16)9-17-19(14)3/h5-9H,4,10,16H2,1-3H3. The molecule has 1 aromatic carbocycles. The van der Waals surface area contributed by atoms with E-state index >= 15 is 0 Å². The molecule has 0 saturated carbocycles. The molecule has 0 aliphatic heterocycles. The highest BCUT2D eigenvalue weighted by molar-refractivity contribution is 5.97. The average molecular weight is 272 g/mol. The molecule has 2 rings (SSSR count). The largest absolute Gasteiger partial charge is 0.396 e. The van der Waals surface area contributed by atoms with Gasteiger partial charge in [-0.1, -0.05) is 31.2 Å². The lowest BCUT2D eigenvalue weighted by atomic mass is 10.1. The van der Waals surface area contributed by atoms with Crippen LogP contribution in [0.2, 0.25) is 0 Å². The van der Waals surface area contributed by atoms with E-state index in [0.717, 1.165) is 12.0 Å². The van der Waals surface area contributed by atoms with Gasteiger partial charge in [-0.25, -0.2) is 0 Å². The van der Waals surface area contributed by atoms with Gasteiger partial charge in [-0.2, -0.15) is 5.10 Å². The SMILES string of the molecule is CCc1ccc(CN(C)C(=O)c2c(N)cnn2C)cc1. The monoisotopic (exact) mass is 272 g/mol. The van der Waals surface area contributed by atoms with E-state index in [-0.39, 0.29) is 5.91 Å². The van der Waals surface area contributed by atoms with Crippen LogP contribution < -0.4 is 5.73 Å². The van der Waals surface area contributed by atoms with Crippen LogP contribution in [0.1, 0.15) is 28.5 Å². The number of carbonyl (C=O) groups is 1. The quantitative estimate of drug-likeness (QED) is 0.923.